The number of aromatic carboxylic acids is 1. The van der Waals surface area contributed by atoms with Crippen molar-refractivity contribution in [3.05, 3.63) is 57.6 Å². The van der Waals surface area contributed by atoms with Gasteiger partial charge in [0, 0.05) is 6.21 Å². The smallest absolute Gasteiger partial charge is 0.335 e. The van der Waals surface area contributed by atoms with E-state index in [4.69, 9.17) is 16.7 Å². The normalized spacial score (nSPS) is 11.0. The minimum absolute atomic E-state index is 0.129. The van der Waals surface area contributed by atoms with Gasteiger partial charge in [-0.15, -0.1) is 0 Å². The summed E-state index contributed by atoms with van der Waals surface area (Å²) in [7, 11) is 0. The second kappa shape index (κ2) is 5.97. The molecular formula is C16H14ClNO3. The minimum Gasteiger partial charge on any atom is -0.507 e. The maximum Gasteiger partial charge on any atom is 0.335 e. The van der Waals surface area contributed by atoms with Crippen LogP contribution in [-0.4, -0.2) is 22.4 Å². The number of hydrogen-bond donors (Lipinski definition) is 2. The van der Waals surface area contributed by atoms with Crippen molar-refractivity contribution in [2.75, 3.05) is 0 Å². The number of carboxylic acids is 1. The van der Waals surface area contributed by atoms with Crippen LogP contribution in [0.15, 0.2) is 35.3 Å². The van der Waals surface area contributed by atoms with Crippen LogP contribution in [0.1, 0.15) is 27.0 Å². The highest BCUT2D eigenvalue weighted by molar-refractivity contribution is 6.33. The lowest BCUT2D eigenvalue weighted by atomic mass is 10.1. The van der Waals surface area contributed by atoms with Gasteiger partial charge in [0.1, 0.15) is 5.75 Å². The number of nitrogens with zero attached hydrogens (tertiary/aromatic N) is 1. The quantitative estimate of drug-likeness (QED) is 0.838. The van der Waals surface area contributed by atoms with Gasteiger partial charge in [0.05, 0.1) is 16.3 Å². The number of benzene rings is 2. The maximum atomic E-state index is 10.9. The van der Waals surface area contributed by atoms with Crippen LogP contribution in [0.4, 0.5) is 5.69 Å². The molecular weight excluding hydrogens is 290 g/mol. The first-order chi connectivity index (χ1) is 9.88. The number of halogens is 1. The molecule has 21 heavy (non-hydrogen) atoms. The summed E-state index contributed by atoms with van der Waals surface area (Å²) in [6.45, 7) is 3.61. The second-order valence-corrected chi connectivity index (χ2v) is 5.14. The van der Waals surface area contributed by atoms with Crippen molar-refractivity contribution in [3.63, 3.8) is 0 Å². The molecule has 0 heterocycles. The SMILES string of the molecule is Cc1cc(C=Nc2cc(C(=O)O)ccc2Cl)cc(C)c1O. The highest BCUT2D eigenvalue weighted by Crippen LogP contribution is 2.27. The molecule has 0 saturated carbocycles. The van der Waals surface area contributed by atoms with Crippen LogP contribution in [0.3, 0.4) is 0 Å². The standard InChI is InChI=1S/C16H14ClNO3/c1-9-5-11(6-10(2)15(9)19)8-18-14-7-12(16(20)21)3-4-13(14)17/h3-8,19H,1-2H3,(H,20,21). The molecule has 5 heteroatoms. The zero-order valence-electron chi connectivity index (χ0n) is 11.6. The van der Waals surface area contributed by atoms with Crippen LogP contribution >= 0.6 is 11.6 Å². The van der Waals surface area contributed by atoms with Gasteiger partial charge in [-0.05, 0) is 60.9 Å². The van der Waals surface area contributed by atoms with Crippen molar-refractivity contribution in [2.45, 2.75) is 13.8 Å². The van der Waals surface area contributed by atoms with E-state index in [0.717, 1.165) is 16.7 Å². The molecule has 2 N–H and O–H groups in total. The monoisotopic (exact) mass is 303 g/mol. The molecule has 0 bridgehead atoms. The van der Waals surface area contributed by atoms with Crippen LogP contribution < -0.4 is 0 Å². The first kappa shape index (κ1) is 15.1. The fourth-order valence-electron chi connectivity index (χ4n) is 1.95. The molecule has 0 aromatic heterocycles. The molecule has 0 aliphatic heterocycles. The molecule has 2 rings (SSSR count). The number of hydrogen-bond acceptors (Lipinski definition) is 3. The highest BCUT2D eigenvalue weighted by atomic mass is 35.5. The van der Waals surface area contributed by atoms with Crippen LogP contribution in [0.5, 0.6) is 5.75 Å². The van der Waals surface area contributed by atoms with Crippen molar-refractivity contribution < 1.29 is 15.0 Å². The van der Waals surface area contributed by atoms with Crippen molar-refractivity contribution >= 4 is 29.5 Å². The summed E-state index contributed by atoms with van der Waals surface area (Å²) in [6.07, 6.45) is 1.59. The molecule has 108 valence electrons. The van der Waals surface area contributed by atoms with E-state index in [0.29, 0.717) is 10.7 Å². The molecule has 0 amide bonds. The molecule has 2 aromatic rings. The summed E-state index contributed by atoms with van der Waals surface area (Å²) in [5.41, 5.74) is 2.83. The lowest BCUT2D eigenvalue weighted by Crippen LogP contribution is -1.95. The van der Waals surface area contributed by atoms with E-state index in [1.165, 1.54) is 18.2 Å². The van der Waals surface area contributed by atoms with E-state index in [1.54, 1.807) is 32.2 Å². The number of phenolic OH excluding ortho intramolecular Hbond substituents is 1. The fourth-order valence-corrected chi connectivity index (χ4v) is 2.12. The first-order valence-corrected chi connectivity index (χ1v) is 6.63. The second-order valence-electron chi connectivity index (χ2n) is 4.73. The summed E-state index contributed by atoms with van der Waals surface area (Å²) < 4.78 is 0. The molecule has 4 nitrogen and oxygen atoms in total. The number of phenols is 1. The Morgan fingerprint density at radius 3 is 2.38 bits per heavy atom. The van der Waals surface area contributed by atoms with Gasteiger partial charge in [-0.3, -0.25) is 4.99 Å². The predicted molar refractivity (Wildman–Crippen MR) is 83.2 cm³/mol. The summed E-state index contributed by atoms with van der Waals surface area (Å²) in [4.78, 5) is 15.2. The third-order valence-corrected chi connectivity index (χ3v) is 3.38. The Morgan fingerprint density at radius 1 is 1.19 bits per heavy atom. The molecule has 0 saturated heterocycles. The molecule has 2 aromatic carbocycles. The van der Waals surface area contributed by atoms with Crippen LogP contribution in [-0.2, 0) is 0 Å². The van der Waals surface area contributed by atoms with Crippen molar-refractivity contribution in [1.82, 2.24) is 0 Å². The van der Waals surface area contributed by atoms with Crippen LogP contribution in [0.2, 0.25) is 5.02 Å². The van der Waals surface area contributed by atoms with Gasteiger partial charge in [0.2, 0.25) is 0 Å². The summed E-state index contributed by atoms with van der Waals surface area (Å²) in [5, 5.41) is 19.1. The zero-order valence-corrected chi connectivity index (χ0v) is 12.3. The largest absolute Gasteiger partial charge is 0.507 e. The molecule has 0 fully saturated rings. The summed E-state index contributed by atoms with van der Waals surface area (Å²) in [6, 6.07) is 7.94. The van der Waals surface area contributed by atoms with Crippen molar-refractivity contribution in [1.29, 1.82) is 0 Å². The molecule has 0 atom stereocenters. The Hall–Kier alpha value is -2.33. The summed E-state index contributed by atoms with van der Waals surface area (Å²) in [5.74, 6) is -0.766. The van der Waals surface area contributed by atoms with E-state index < -0.39 is 5.97 Å². The fraction of sp³-hybridized carbons (Fsp3) is 0.125. The lowest BCUT2D eigenvalue weighted by molar-refractivity contribution is 0.0697. The average molecular weight is 304 g/mol. The van der Waals surface area contributed by atoms with Gasteiger partial charge < -0.3 is 10.2 Å². The average Bonchev–Trinajstić information content (AvgIpc) is 2.43. The third-order valence-electron chi connectivity index (χ3n) is 3.06. The lowest BCUT2D eigenvalue weighted by Gasteiger charge is -2.05. The summed E-state index contributed by atoms with van der Waals surface area (Å²) >= 11 is 6.01. The predicted octanol–water partition coefficient (Wildman–Crippen LogP) is 4.11. The van der Waals surface area contributed by atoms with Crippen LogP contribution in [0, 0.1) is 13.8 Å². The third kappa shape index (κ3) is 3.41. The molecule has 0 aliphatic carbocycles. The van der Waals surface area contributed by atoms with Gasteiger partial charge in [-0.25, -0.2) is 4.79 Å². The number of carboxylic acid groups (broad SMARTS) is 1. The topological polar surface area (TPSA) is 69.9 Å². The van der Waals surface area contributed by atoms with Gasteiger partial charge >= 0.3 is 5.97 Å². The Bertz CT molecular complexity index is 715. The first-order valence-electron chi connectivity index (χ1n) is 6.25. The van der Waals surface area contributed by atoms with E-state index in [9.17, 15) is 9.90 Å². The Morgan fingerprint density at radius 2 is 1.81 bits per heavy atom. The highest BCUT2D eigenvalue weighted by Gasteiger charge is 2.06. The number of carbonyl (C=O) groups is 1. The van der Waals surface area contributed by atoms with Crippen molar-refractivity contribution in [3.8, 4) is 5.75 Å². The maximum absolute atomic E-state index is 10.9. The van der Waals surface area contributed by atoms with Crippen molar-refractivity contribution in [2.24, 2.45) is 4.99 Å². The number of aromatic hydroxyl groups is 1. The molecule has 0 radical (unpaired) electrons. The zero-order chi connectivity index (χ0) is 15.6. The van der Waals surface area contributed by atoms with Crippen LogP contribution in [0.25, 0.3) is 0 Å². The van der Waals surface area contributed by atoms with Gasteiger partial charge in [0.15, 0.2) is 0 Å². The van der Waals surface area contributed by atoms with Gasteiger partial charge in [-0.2, -0.15) is 0 Å². The van der Waals surface area contributed by atoms with E-state index in [2.05, 4.69) is 4.99 Å². The van der Waals surface area contributed by atoms with E-state index in [1.807, 2.05) is 0 Å². The number of aryl methyl sites for hydroxylation is 2. The molecule has 0 aliphatic rings. The van der Waals surface area contributed by atoms with Gasteiger partial charge in [-0.1, -0.05) is 11.6 Å². The number of rotatable bonds is 3. The molecule has 0 spiro atoms. The number of aliphatic imine (C=N–C) groups is 1. The minimum atomic E-state index is -1.03. The Labute approximate surface area is 127 Å². The molecule has 0 unspecified atom stereocenters. The Kier molecular flexibility index (Phi) is 4.29. The van der Waals surface area contributed by atoms with E-state index >= 15 is 0 Å². The Balaban J connectivity index is 2.37. The van der Waals surface area contributed by atoms with Gasteiger partial charge in [0.25, 0.3) is 0 Å². The van der Waals surface area contributed by atoms with E-state index in [-0.39, 0.29) is 11.3 Å².